The van der Waals surface area contributed by atoms with E-state index in [-0.39, 0.29) is 0 Å². The minimum atomic E-state index is 0.295. The molecular formula is C19H22N2O. The summed E-state index contributed by atoms with van der Waals surface area (Å²) >= 11 is 0. The van der Waals surface area contributed by atoms with Crippen molar-refractivity contribution in [3.63, 3.8) is 0 Å². The van der Waals surface area contributed by atoms with Gasteiger partial charge in [0.2, 0.25) is 5.91 Å². The molecule has 1 amide bonds. The Morgan fingerprint density at radius 3 is 2.82 bits per heavy atom. The highest BCUT2D eigenvalue weighted by Crippen LogP contribution is 2.40. The van der Waals surface area contributed by atoms with E-state index in [9.17, 15) is 4.79 Å². The van der Waals surface area contributed by atoms with Crippen LogP contribution in [-0.2, 0) is 4.79 Å². The molecule has 3 heteroatoms. The summed E-state index contributed by atoms with van der Waals surface area (Å²) in [4.78, 5) is 19.2. The number of nitrogens with zero attached hydrogens (tertiary/aromatic N) is 2. The van der Waals surface area contributed by atoms with Crippen LogP contribution in [0.1, 0.15) is 37.8 Å². The Bertz CT molecular complexity index is 711. The number of piperidine rings is 1. The molecule has 1 aliphatic carbocycles. The maximum atomic E-state index is 12.5. The molecule has 0 radical (unpaired) electrons. The number of likely N-dealkylation sites (tertiary alicyclic amines) is 1. The van der Waals surface area contributed by atoms with E-state index in [0.717, 1.165) is 38.0 Å². The monoisotopic (exact) mass is 294 g/mol. The zero-order valence-corrected chi connectivity index (χ0v) is 13.0. The Labute approximate surface area is 131 Å². The summed E-state index contributed by atoms with van der Waals surface area (Å²) in [6.07, 6.45) is 5.27. The maximum absolute atomic E-state index is 12.5. The first-order valence-electron chi connectivity index (χ1n) is 8.36. The summed E-state index contributed by atoms with van der Waals surface area (Å²) in [5.74, 6) is 1.64. The van der Waals surface area contributed by atoms with Crippen LogP contribution < -0.4 is 0 Å². The van der Waals surface area contributed by atoms with Gasteiger partial charge in [-0.05, 0) is 36.6 Å². The minimum Gasteiger partial charge on any atom is -0.342 e. The van der Waals surface area contributed by atoms with Gasteiger partial charge >= 0.3 is 0 Å². The summed E-state index contributed by atoms with van der Waals surface area (Å²) in [6.45, 7) is 3.94. The van der Waals surface area contributed by atoms with E-state index >= 15 is 0 Å². The lowest BCUT2D eigenvalue weighted by Gasteiger charge is -2.33. The normalized spacial score (nSPS) is 27.9. The Hall–Kier alpha value is -1.90. The highest BCUT2D eigenvalue weighted by molar-refractivity contribution is 5.82. The fraction of sp³-hybridized carbons (Fsp3) is 0.474. The number of hydrogen-bond donors (Lipinski definition) is 0. The molecule has 2 heterocycles. The smallest absolute Gasteiger partial charge is 0.225 e. The number of hydrogen-bond acceptors (Lipinski definition) is 2. The Balaban J connectivity index is 1.54. The summed E-state index contributed by atoms with van der Waals surface area (Å²) in [7, 11) is 0. The zero-order chi connectivity index (χ0) is 15.1. The molecule has 3 atom stereocenters. The molecule has 3 nitrogen and oxygen atoms in total. The average molecular weight is 294 g/mol. The number of rotatable bonds is 2. The van der Waals surface area contributed by atoms with Gasteiger partial charge in [-0.2, -0.15) is 0 Å². The van der Waals surface area contributed by atoms with Gasteiger partial charge in [-0.3, -0.25) is 9.78 Å². The number of benzene rings is 1. The second kappa shape index (κ2) is 5.38. The van der Waals surface area contributed by atoms with Gasteiger partial charge in [0.05, 0.1) is 0 Å². The molecule has 1 saturated carbocycles. The van der Waals surface area contributed by atoms with E-state index in [0.29, 0.717) is 23.7 Å². The molecule has 1 aromatic heterocycles. The fourth-order valence-electron chi connectivity index (χ4n) is 3.64. The predicted octanol–water partition coefficient (Wildman–Crippen LogP) is 3.60. The van der Waals surface area contributed by atoms with Crippen molar-refractivity contribution in [2.45, 2.75) is 32.1 Å². The van der Waals surface area contributed by atoms with Crippen LogP contribution in [-0.4, -0.2) is 28.9 Å². The van der Waals surface area contributed by atoms with Crippen LogP contribution in [0, 0.1) is 11.8 Å². The molecule has 2 aliphatic rings. The highest BCUT2D eigenvalue weighted by Gasteiger charge is 2.42. The molecular weight excluding hydrogens is 272 g/mol. The van der Waals surface area contributed by atoms with Crippen LogP contribution in [0.25, 0.3) is 10.8 Å². The van der Waals surface area contributed by atoms with Gasteiger partial charge in [0, 0.05) is 42.2 Å². The number of amides is 1. The molecule has 114 valence electrons. The lowest BCUT2D eigenvalue weighted by molar-refractivity contribution is -0.134. The second-order valence-corrected chi connectivity index (χ2v) is 6.90. The van der Waals surface area contributed by atoms with Gasteiger partial charge in [0.1, 0.15) is 0 Å². The molecule has 1 aromatic carbocycles. The van der Waals surface area contributed by atoms with Gasteiger partial charge in [-0.1, -0.05) is 31.2 Å². The average Bonchev–Trinajstić information content (AvgIpc) is 3.30. The fourth-order valence-corrected chi connectivity index (χ4v) is 3.64. The quantitative estimate of drug-likeness (QED) is 0.848. The van der Waals surface area contributed by atoms with E-state index < -0.39 is 0 Å². The largest absolute Gasteiger partial charge is 0.342 e. The predicted molar refractivity (Wildman–Crippen MR) is 87.6 cm³/mol. The van der Waals surface area contributed by atoms with Crippen LogP contribution in [0.5, 0.6) is 0 Å². The Morgan fingerprint density at radius 1 is 1.27 bits per heavy atom. The van der Waals surface area contributed by atoms with Gasteiger partial charge in [-0.25, -0.2) is 0 Å². The molecule has 0 bridgehead atoms. The summed E-state index contributed by atoms with van der Waals surface area (Å²) in [5, 5.41) is 2.42. The molecule has 2 aromatic rings. The number of fused-ring (bicyclic) bond motifs is 1. The standard InChI is InChI=1S/C19H22N2O/c1-13-9-17(13)19(22)21-8-4-7-16(12-21)18-10-14-5-2-3-6-15(14)11-20-18/h2-3,5-6,10-11,13,16-17H,4,7-9,12H2,1H3/t13-,16-,17+/m0/s1. The number of aromatic nitrogens is 1. The molecule has 2 fully saturated rings. The van der Waals surface area contributed by atoms with Gasteiger partial charge in [0.25, 0.3) is 0 Å². The van der Waals surface area contributed by atoms with Crippen molar-refractivity contribution < 1.29 is 4.79 Å². The second-order valence-electron chi connectivity index (χ2n) is 6.90. The van der Waals surface area contributed by atoms with Crippen LogP contribution in [0.4, 0.5) is 0 Å². The van der Waals surface area contributed by atoms with Gasteiger partial charge in [-0.15, -0.1) is 0 Å². The Morgan fingerprint density at radius 2 is 2.05 bits per heavy atom. The van der Waals surface area contributed by atoms with Gasteiger partial charge in [0.15, 0.2) is 0 Å². The maximum Gasteiger partial charge on any atom is 0.225 e. The van der Waals surface area contributed by atoms with Crippen molar-refractivity contribution in [2.24, 2.45) is 11.8 Å². The van der Waals surface area contributed by atoms with Crippen molar-refractivity contribution >= 4 is 16.7 Å². The molecule has 0 spiro atoms. The summed E-state index contributed by atoms with van der Waals surface area (Å²) in [6, 6.07) is 10.5. The summed E-state index contributed by atoms with van der Waals surface area (Å²) in [5.41, 5.74) is 1.14. The van der Waals surface area contributed by atoms with Crippen LogP contribution in [0.3, 0.4) is 0 Å². The molecule has 4 rings (SSSR count). The number of pyridine rings is 1. The molecule has 1 aliphatic heterocycles. The van der Waals surface area contributed by atoms with Crippen molar-refractivity contribution in [3.8, 4) is 0 Å². The molecule has 22 heavy (non-hydrogen) atoms. The van der Waals surface area contributed by atoms with Crippen molar-refractivity contribution in [3.05, 3.63) is 42.2 Å². The Kier molecular flexibility index (Phi) is 3.36. The van der Waals surface area contributed by atoms with Crippen LogP contribution in [0.2, 0.25) is 0 Å². The lowest BCUT2D eigenvalue weighted by atomic mass is 9.93. The third-order valence-corrected chi connectivity index (χ3v) is 5.23. The summed E-state index contributed by atoms with van der Waals surface area (Å²) < 4.78 is 0. The third kappa shape index (κ3) is 2.49. The van der Waals surface area contributed by atoms with Gasteiger partial charge < -0.3 is 4.90 Å². The van der Waals surface area contributed by atoms with Crippen LogP contribution >= 0.6 is 0 Å². The molecule has 0 N–H and O–H groups in total. The molecule has 0 unspecified atom stereocenters. The van der Waals surface area contributed by atoms with Crippen molar-refractivity contribution in [1.29, 1.82) is 0 Å². The van der Waals surface area contributed by atoms with E-state index in [1.807, 2.05) is 12.3 Å². The first kappa shape index (κ1) is 13.7. The number of carbonyl (C=O) groups is 1. The van der Waals surface area contributed by atoms with Crippen LogP contribution in [0.15, 0.2) is 36.5 Å². The van der Waals surface area contributed by atoms with E-state index in [2.05, 4.69) is 41.1 Å². The van der Waals surface area contributed by atoms with E-state index in [1.165, 1.54) is 10.8 Å². The highest BCUT2D eigenvalue weighted by atomic mass is 16.2. The van der Waals surface area contributed by atoms with Crippen molar-refractivity contribution in [1.82, 2.24) is 9.88 Å². The first-order valence-corrected chi connectivity index (χ1v) is 8.36. The lowest BCUT2D eigenvalue weighted by Crippen LogP contribution is -2.40. The van der Waals surface area contributed by atoms with E-state index in [1.54, 1.807) is 0 Å². The number of carbonyl (C=O) groups excluding carboxylic acids is 1. The zero-order valence-electron chi connectivity index (χ0n) is 13.0. The molecule has 1 saturated heterocycles. The minimum absolute atomic E-state index is 0.295. The topological polar surface area (TPSA) is 33.2 Å². The third-order valence-electron chi connectivity index (χ3n) is 5.23. The first-order chi connectivity index (χ1) is 10.7. The SMILES string of the molecule is C[C@H]1C[C@H]1C(=O)N1CCC[C@H](c2cc3ccccc3cn2)C1. The van der Waals surface area contributed by atoms with E-state index in [4.69, 9.17) is 0 Å². The van der Waals surface area contributed by atoms with Crippen molar-refractivity contribution in [2.75, 3.05) is 13.1 Å².